The van der Waals surface area contributed by atoms with Crippen molar-refractivity contribution in [2.24, 2.45) is 16.8 Å². The predicted octanol–water partition coefficient (Wildman–Crippen LogP) is 4.96. The third-order valence-corrected chi connectivity index (χ3v) is 10.1. The topological polar surface area (TPSA) is 24.8 Å². The number of nitrogens with zero attached hydrogens (tertiary/aromatic N) is 2. The Labute approximate surface area is 182 Å². The second-order valence-corrected chi connectivity index (χ2v) is 11.6. The molecule has 0 aromatic heterocycles. The molecule has 2 heterocycles. The third-order valence-electron chi connectivity index (χ3n) is 7.19. The van der Waals surface area contributed by atoms with Crippen molar-refractivity contribution in [1.29, 1.82) is 0 Å². The van der Waals surface area contributed by atoms with Crippen LogP contribution in [0.4, 0.5) is 0 Å². The largest absolute Gasteiger partial charge is 0.478 e. The van der Waals surface area contributed by atoms with Crippen LogP contribution in [0, 0.1) is 25.7 Å². The van der Waals surface area contributed by atoms with E-state index in [1.165, 1.54) is 41.0 Å². The maximum absolute atomic E-state index is 6.29. The number of aryl methyl sites for hydroxylation is 2. The van der Waals surface area contributed by atoms with Gasteiger partial charge >= 0.3 is 0 Å². The molecule has 5 rings (SSSR count). The molecule has 4 heteroatoms. The lowest BCUT2D eigenvalue weighted by atomic mass is 10.00. The zero-order valence-electron chi connectivity index (χ0n) is 18.6. The predicted molar refractivity (Wildman–Crippen MR) is 127 cm³/mol. The van der Waals surface area contributed by atoms with E-state index in [-0.39, 0.29) is 0 Å². The first-order valence-electron chi connectivity index (χ1n) is 11.4. The van der Waals surface area contributed by atoms with E-state index >= 15 is 0 Å². The third kappa shape index (κ3) is 3.41. The van der Waals surface area contributed by atoms with Gasteiger partial charge in [0, 0.05) is 14.1 Å². The number of piperidine rings is 1. The lowest BCUT2D eigenvalue weighted by molar-refractivity contribution is 0.241. The summed E-state index contributed by atoms with van der Waals surface area (Å²) >= 11 is 0. The minimum absolute atomic E-state index is 0.309. The number of benzene rings is 2. The molecule has 0 spiro atoms. The molecule has 0 radical (unpaired) electrons. The van der Waals surface area contributed by atoms with Crippen LogP contribution < -0.4 is 10.6 Å². The monoisotopic (exact) mass is 420 g/mol. The van der Waals surface area contributed by atoms with Gasteiger partial charge in [0.05, 0.1) is 12.1 Å². The molecule has 1 saturated heterocycles. The van der Waals surface area contributed by atoms with Crippen LogP contribution in [0.1, 0.15) is 44.2 Å². The molecule has 2 fully saturated rings. The number of fused-ring (bicyclic) bond motifs is 2. The molecule has 30 heavy (non-hydrogen) atoms. The maximum atomic E-state index is 6.29. The van der Waals surface area contributed by atoms with E-state index in [1.807, 2.05) is 0 Å². The SMILES string of the molecule is Cc1ccccc1P(c1ccccc1C)N1[C@H]2CC[C@H](C2)[C@@H]1C1=N[C@@H](C(C)C)CO1. The van der Waals surface area contributed by atoms with Gasteiger partial charge < -0.3 is 4.74 Å². The fraction of sp³-hybridized carbons (Fsp3) is 0.500. The second kappa shape index (κ2) is 8.09. The summed E-state index contributed by atoms with van der Waals surface area (Å²) in [4.78, 5) is 5.12. The van der Waals surface area contributed by atoms with Crippen molar-refractivity contribution in [3.05, 3.63) is 59.7 Å². The van der Waals surface area contributed by atoms with E-state index in [4.69, 9.17) is 9.73 Å². The maximum Gasteiger partial charge on any atom is 0.202 e. The summed E-state index contributed by atoms with van der Waals surface area (Å²) in [7, 11) is -0.621. The highest BCUT2D eigenvalue weighted by molar-refractivity contribution is 7.71. The first kappa shape index (κ1) is 20.2. The Kier molecular flexibility index (Phi) is 5.45. The Balaban J connectivity index is 1.62. The second-order valence-electron chi connectivity index (χ2n) is 9.53. The summed E-state index contributed by atoms with van der Waals surface area (Å²) in [5, 5.41) is 2.97. The van der Waals surface area contributed by atoms with E-state index in [2.05, 4.69) is 80.9 Å². The molecule has 3 aliphatic rings. The van der Waals surface area contributed by atoms with Crippen molar-refractivity contribution in [1.82, 2.24) is 4.67 Å². The highest BCUT2D eigenvalue weighted by Crippen LogP contribution is 2.55. The van der Waals surface area contributed by atoms with Crippen LogP contribution in [-0.4, -0.2) is 35.3 Å². The average Bonchev–Trinajstić information content (AvgIpc) is 3.47. The normalized spacial score (nSPS) is 28.4. The molecule has 0 amide bonds. The Morgan fingerprint density at radius 1 is 0.967 bits per heavy atom. The Morgan fingerprint density at radius 2 is 1.60 bits per heavy atom. The van der Waals surface area contributed by atoms with E-state index < -0.39 is 8.07 Å². The van der Waals surface area contributed by atoms with E-state index in [1.54, 1.807) is 0 Å². The van der Waals surface area contributed by atoms with Crippen LogP contribution in [-0.2, 0) is 4.74 Å². The molecule has 158 valence electrons. The summed E-state index contributed by atoms with van der Waals surface area (Å²) in [6.45, 7) is 9.80. The van der Waals surface area contributed by atoms with Crippen molar-refractivity contribution < 1.29 is 4.74 Å². The molecule has 1 aliphatic carbocycles. The molecule has 4 atom stereocenters. The molecular weight excluding hydrogens is 387 g/mol. The molecule has 2 aromatic carbocycles. The number of hydrogen-bond donors (Lipinski definition) is 0. The van der Waals surface area contributed by atoms with Crippen molar-refractivity contribution in [2.45, 2.75) is 65.1 Å². The quantitative estimate of drug-likeness (QED) is 0.639. The van der Waals surface area contributed by atoms with Gasteiger partial charge in [-0.15, -0.1) is 0 Å². The van der Waals surface area contributed by atoms with Gasteiger partial charge in [0.15, 0.2) is 0 Å². The zero-order valence-corrected chi connectivity index (χ0v) is 19.5. The van der Waals surface area contributed by atoms with Crippen LogP contribution >= 0.6 is 8.07 Å². The minimum Gasteiger partial charge on any atom is -0.478 e. The minimum atomic E-state index is -0.621. The fourth-order valence-electron chi connectivity index (χ4n) is 5.46. The van der Waals surface area contributed by atoms with Gasteiger partial charge in [-0.2, -0.15) is 0 Å². The molecule has 0 N–H and O–H groups in total. The van der Waals surface area contributed by atoms with Gasteiger partial charge in [-0.1, -0.05) is 62.4 Å². The first-order valence-corrected chi connectivity index (χ1v) is 12.7. The molecular formula is C26H33N2OP. The van der Waals surface area contributed by atoms with E-state index in [0.717, 1.165) is 12.5 Å². The van der Waals surface area contributed by atoms with Crippen LogP contribution in [0.3, 0.4) is 0 Å². The smallest absolute Gasteiger partial charge is 0.202 e. The molecule has 1 saturated carbocycles. The zero-order chi connectivity index (χ0) is 20.8. The van der Waals surface area contributed by atoms with Crippen molar-refractivity contribution in [3.63, 3.8) is 0 Å². The van der Waals surface area contributed by atoms with Gasteiger partial charge in [-0.05, 0) is 66.7 Å². The Bertz CT molecular complexity index is 910. The van der Waals surface area contributed by atoms with Crippen LogP contribution in [0.5, 0.6) is 0 Å². The molecule has 2 aromatic rings. The van der Waals surface area contributed by atoms with Crippen molar-refractivity contribution in [2.75, 3.05) is 6.61 Å². The number of hydrogen-bond acceptors (Lipinski definition) is 3. The van der Waals surface area contributed by atoms with Gasteiger partial charge in [-0.3, -0.25) is 4.67 Å². The van der Waals surface area contributed by atoms with Crippen molar-refractivity contribution >= 4 is 24.6 Å². The van der Waals surface area contributed by atoms with Crippen LogP contribution in [0.2, 0.25) is 0 Å². The highest BCUT2D eigenvalue weighted by atomic mass is 31.1. The summed E-state index contributed by atoms with van der Waals surface area (Å²) in [5.74, 6) is 2.23. The molecule has 0 unspecified atom stereocenters. The van der Waals surface area contributed by atoms with E-state index in [9.17, 15) is 0 Å². The lowest BCUT2D eigenvalue weighted by Crippen LogP contribution is -2.46. The molecule has 3 nitrogen and oxygen atoms in total. The summed E-state index contributed by atoms with van der Waals surface area (Å²) in [5.41, 5.74) is 2.78. The fourth-order valence-corrected chi connectivity index (χ4v) is 8.56. The lowest BCUT2D eigenvalue weighted by Gasteiger charge is -2.41. The highest BCUT2D eigenvalue weighted by Gasteiger charge is 2.53. The van der Waals surface area contributed by atoms with Gasteiger partial charge in [0.1, 0.15) is 6.61 Å². The molecule has 2 bridgehead atoms. The number of ether oxygens (including phenoxy) is 1. The number of aliphatic imine (C=N–C) groups is 1. The van der Waals surface area contributed by atoms with Gasteiger partial charge in [0.2, 0.25) is 5.90 Å². The van der Waals surface area contributed by atoms with E-state index in [0.29, 0.717) is 30.0 Å². The Hall–Kier alpha value is -1.70. The van der Waals surface area contributed by atoms with Crippen LogP contribution in [0.25, 0.3) is 0 Å². The molecule has 2 aliphatic heterocycles. The summed E-state index contributed by atoms with van der Waals surface area (Å²) in [6.07, 6.45) is 3.90. The summed E-state index contributed by atoms with van der Waals surface area (Å²) in [6, 6.07) is 19.3. The average molecular weight is 421 g/mol. The Morgan fingerprint density at radius 3 is 2.17 bits per heavy atom. The van der Waals surface area contributed by atoms with Crippen molar-refractivity contribution in [3.8, 4) is 0 Å². The summed E-state index contributed by atoms with van der Waals surface area (Å²) < 4.78 is 9.14. The standard InChI is InChI=1S/C26H33N2OP/c1-17(2)22-16-29-26(27-22)25-20-13-14-21(15-20)28(25)30(23-11-7-5-9-18(23)3)24-12-8-6-10-19(24)4/h5-12,17,20-22,25H,13-16H2,1-4H3/t20-,21+,22-,25-/m1/s1. The van der Waals surface area contributed by atoms with Gasteiger partial charge in [0.25, 0.3) is 0 Å². The van der Waals surface area contributed by atoms with Gasteiger partial charge in [-0.25, -0.2) is 4.99 Å². The number of rotatable bonds is 5. The first-order chi connectivity index (χ1) is 14.5. The van der Waals surface area contributed by atoms with Crippen LogP contribution in [0.15, 0.2) is 53.5 Å².